The molecular weight excluding hydrogens is 487 g/mol. The molecule has 1 aromatic heterocycles. The van der Waals surface area contributed by atoms with Gasteiger partial charge < -0.3 is 5.32 Å². The minimum absolute atomic E-state index is 0.163. The summed E-state index contributed by atoms with van der Waals surface area (Å²) in [6, 6.07) is 4.76. The second kappa shape index (κ2) is 10.4. The molecule has 1 fully saturated rings. The third kappa shape index (κ3) is 6.18. The molecule has 162 valence electrons. The first kappa shape index (κ1) is 23.5. The van der Waals surface area contributed by atoms with E-state index in [9.17, 15) is 13.2 Å². The van der Waals surface area contributed by atoms with Crippen molar-refractivity contribution < 1.29 is 13.2 Å². The Hall–Kier alpha value is -1.17. The first-order valence-electron chi connectivity index (χ1n) is 9.08. The average Bonchev–Trinajstić information content (AvgIpc) is 3.16. The van der Waals surface area contributed by atoms with Crippen LogP contribution in [-0.2, 0) is 20.6 Å². The number of piperidine rings is 1. The minimum Gasteiger partial charge on any atom is -0.300 e. The Kier molecular flexibility index (Phi) is 8.17. The maximum Gasteiger partial charge on any atom is 0.229 e. The Morgan fingerprint density at radius 3 is 2.73 bits per heavy atom. The Bertz CT molecular complexity index is 1020. The van der Waals surface area contributed by atoms with Gasteiger partial charge in [0.2, 0.25) is 21.1 Å². The van der Waals surface area contributed by atoms with E-state index in [0.717, 1.165) is 10.1 Å². The lowest BCUT2D eigenvalue weighted by Gasteiger charge is -2.30. The molecule has 0 spiro atoms. The lowest BCUT2D eigenvalue weighted by atomic mass is 9.97. The average molecular weight is 507 g/mol. The second-order valence-electron chi connectivity index (χ2n) is 6.63. The number of amides is 1. The lowest BCUT2D eigenvalue weighted by molar-refractivity contribution is -0.120. The summed E-state index contributed by atoms with van der Waals surface area (Å²) in [6.45, 7) is 4.21. The largest absolute Gasteiger partial charge is 0.300 e. The monoisotopic (exact) mass is 506 g/mol. The van der Waals surface area contributed by atoms with E-state index in [1.807, 2.05) is 0 Å². The zero-order valence-electron chi connectivity index (χ0n) is 15.9. The first-order chi connectivity index (χ1) is 14.3. The van der Waals surface area contributed by atoms with Gasteiger partial charge in [-0.1, -0.05) is 58.4 Å². The summed E-state index contributed by atoms with van der Waals surface area (Å²) in [5.41, 5.74) is 0.502. The predicted octanol–water partition coefficient (Wildman–Crippen LogP) is 4.30. The molecule has 0 bridgehead atoms. The van der Waals surface area contributed by atoms with E-state index in [4.69, 9.17) is 23.2 Å². The summed E-state index contributed by atoms with van der Waals surface area (Å²) in [5, 5.41) is 12.0. The number of hydrogen-bond donors (Lipinski definition) is 1. The highest BCUT2D eigenvalue weighted by Crippen LogP contribution is 2.28. The Labute approximate surface area is 193 Å². The number of thioether (sulfide) groups is 1. The first-order valence-corrected chi connectivity index (χ1v) is 13.2. The molecule has 1 amide bonds. The van der Waals surface area contributed by atoms with Crippen LogP contribution in [0.1, 0.15) is 18.4 Å². The summed E-state index contributed by atoms with van der Waals surface area (Å²) in [7, 11) is -3.54. The smallest absolute Gasteiger partial charge is 0.229 e. The highest BCUT2D eigenvalue weighted by atomic mass is 35.5. The minimum atomic E-state index is -3.54. The van der Waals surface area contributed by atoms with Gasteiger partial charge in [-0.25, -0.2) is 12.7 Å². The van der Waals surface area contributed by atoms with Crippen LogP contribution in [0.5, 0.6) is 0 Å². The molecule has 2 aromatic rings. The van der Waals surface area contributed by atoms with Crippen LogP contribution in [-0.4, -0.2) is 47.7 Å². The SMILES string of the molecule is C=CCSc1nnc(NC(=O)C2CCN(S(=O)(=O)Cc3ccc(Cl)cc3Cl)CC2)s1. The van der Waals surface area contributed by atoms with Crippen molar-refractivity contribution in [2.24, 2.45) is 5.92 Å². The number of rotatable bonds is 8. The van der Waals surface area contributed by atoms with Crippen molar-refractivity contribution in [1.82, 2.24) is 14.5 Å². The zero-order valence-corrected chi connectivity index (χ0v) is 19.8. The van der Waals surface area contributed by atoms with E-state index in [2.05, 4.69) is 22.1 Å². The molecule has 0 radical (unpaired) electrons. The number of nitrogens with one attached hydrogen (secondary N) is 1. The quantitative estimate of drug-likeness (QED) is 0.325. The molecule has 1 aromatic carbocycles. The number of sulfonamides is 1. The third-order valence-corrected chi connectivity index (χ3v) is 8.91. The summed E-state index contributed by atoms with van der Waals surface area (Å²) < 4.78 is 27.7. The summed E-state index contributed by atoms with van der Waals surface area (Å²) in [5.74, 6) is 0.0833. The molecule has 1 aliphatic rings. The van der Waals surface area contributed by atoms with Crippen LogP contribution in [0.15, 0.2) is 35.2 Å². The number of anilines is 1. The highest BCUT2D eigenvalue weighted by Gasteiger charge is 2.32. The van der Waals surface area contributed by atoms with Crippen molar-refractivity contribution in [2.45, 2.75) is 22.9 Å². The molecule has 1 aliphatic heterocycles. The lowest BCUT2D eigenvalue weighted by Crippen LogP contribution is -2.41. The van der Waals surface area contributed by atoms with E-state index in [0.29, 0.717) is 33.6 Å². The van der Waals surface area contributed by atoms with Crippen LogP contribution in [0.25, 0.3) is 0 Å². The number of carbonyl (C=O) groups is 1. The van der Waals surface area contributed by atoms with Crippen LogP contribution < -0.4 is 5.32 Å². The maximum atomic E-state index is 12.8. The van der Waals surface area contributed by atoms with Crippen LogP contribution in [0.4, 0.5) is 5.13 Å². The Morgan fingerprint density at radius 2 is 2.07 bits per heavy atom. The van der Waals surface area contributed by atoms with Gasteiger partial charge in [-0.05, 0) is 30.5 Å². The topological polar surface area (TPSA) is 92.3 Å². The second-order valence-corrected chi connectivity index (χ2v) is 11.7. The van der Waals surface area contributed by atoms with Crippen molar-refractivity contribution in [3.8, 4) is 0 Å². The maximum absolute atomic E-state index is 12.8. The molecule has 3 rings (SSSR count). The fourth-order valence-corrected chi connectivity index (χ4v) is 6.64. The number of halogens is 2. The summed E-state index contributed by atoms with van der Waals surface area (Å²) in [6.07, 6.45) is 2.65. The van der Waals surface area contributed by atoms with Gasteiger partial charge in [0.1, 0.15) is 0 Å². The summed E-state index contributed by atoms with van der Waals surface area (Å²) >= 11 is 14.8. The van der Waals surface area contributed by atoms with E-state index < -0.39 is 10.0 Å². The Morgan fingerprint density at radius 1 is 1.33 bits per heavy atom. The van der Waals surface area contributed by atoms with Gasteiger partial charge in [-0.2, -0.15) is 0 Å². The van der Waals surface area contributed by atoms with Gasteiger partial charge in [-0.3, -0.25) is 4.79 Å². The molecule has 2 heterocycles. The van der Waals surface area contributed by atoms with Crippen molar-refractivity contribution in [1.29, 1.82) is 0 Å². The standard InChI is InChI=1S/C18H20Cl2N4O3S3/c1-2-9-28-18-23-22-17(29-18)21-16(25)12-5-7-24(8-6-12)30(26,27)11-13-3-4-14(19)10-15(13)20/h2-4,10,12H,1,5-9,11H2,(H,21,22,25). The number of nitrogens with zero attached hydrogens (tertiary/aromatic N) is 3. The molecule has 0 unspecified atom stereocenters. The molecule has 0 atom stereocenters. The van der Waals surface area contributed by atoms with Gasteiger partial charge in [0.25, 0.3) is 0 Å². The van der Waals surface area contributed by atoms with Gasteiger partial charge in [0.05, 0.1) is 5.75 Å². The number of benzene rings is 1. The number of carbonyl (C=O) groups excluding carboxylic acids is 1. The molecule has 0 aliphatic carbocycles. The zero-order chi connectivity index (χ0) is 21.7. The van der Waals surface area contributed by atoms with Crippen molar-refractivity contribution in [3.63, 3.8) is 0 Å². The normalized spacial score (nSPS) is 15.8. The van der Waals surface area contributed by atoms with Crippen molar-refractivity contribution >= 4 is 67.4 Å². The fraction of sp³-hybridized carbons (Fsp3) is 0.389. The van der Waals surface area contributed by atoms with Gasteiger partial charge >= 0.3 is 0 Å². The van der Waals surface area contributed by atoms with Gasteiger partial charge in [-0.15, -0.1) is 16.8 Å². The number of aromatic nitrogens is 2. The van der Waals surface area contributed by atoms with E-state index >= 15 is 0 Å². The van der Waals surface area contributed by atoms with Crippen LogP contribution in [0, 0.1) is 5.92 Å². The summed E-state index contributed by atoms with van der Waals surface area (Å²) in [4.78, 5) is 12.5. The molecule has 7 nitrogen and oxygen atoms in total. The molecule has 1 saturated heterocycles. The van der Waals surface area contributed by atoms with Gasteiger partial charge in [0.15, 0.2) is 4.34 Å². The molecule has 30 heavy (non-hydrogen) atoms. The van der Waals surface area contributed by atoms with Crippen LogP contribution in [0.3, 0.4) is 0 Å². The predicted molar refractivity (Wildman–Crippen MR) is 123 cm³/mol. The molecule has 1 N–H and O–H groups in total. The number of hydrogen-bond acceptors (Lipinski definition) is 7. The molecule has 12 heteroatoms. The third-order valence-electron chi connectivity index (χ3n) is 4.53. The van der Waals surface area contributed by atoms with E-state index in [1.54, 1.807) is 18.2 Å². The van der Waals surface area contributed by atoms with Crippen LogP contribution >= 0.6 is 46.3 Å². The highest BCUT2D eigenvalue weighted by molar-refractivity contribution is 8.01. The fourth-order valence-electron chi connectivity index (χ4n) is 2.98. The van der Waals surface area contributed by atoms with E-state index in [-0.39, 0.29) is 30.7 Å². The van der Waals surface area contributed by atoms with Crippen molar-refractivity contribution in [3.05, 3.63) is 46.5 Å². The van der Waals surface area contributed by atoms with Gasteiger partial charge in [0, 0.05) is 34.8 Å². The van der Waals surface area contributed by atoms with Crippen molar-refractivity contribution in [2.75, 3.05) is 24.2 Å². The molecule has 0 saturated carbocycles. The van der Waals surface area contributed by atoms with E-state index in [1.165, 1.54) is 33.5 Å². The Balaban J connectivity index is 1.53. The molecular formula is C18H20Cl2N4O3S3. The van der Waals surface area contributed by atoms with Crippen LogP contribution in [0.2, 0.25) is 10.0 Å².